The van der Waals surface area contributed by atoms with Gasteiger partial charge in [0.05, 0.1) is 6.61 Å². The van der Waals surface area contributed by atoms with Gasteiger partial charge >= 0.3 is 5.97 Å². The first-order chi connectivity index (χ1) is 10.6. The van der Waals surface area contributed by atoms with Crippen molar-refractivity contribution in [2.45, 2.75) is 32.6 Å². The Kier molecular flexibility index (Phi) is 7.47. The number of likely N-dealkylation sites (tertiary alicyclic amines) is 1. The van der Waals surface area contributed by atoms with Crippen LogP contribution in [0.3, 0.4) is 0 Å². The molecule has 0 spiro atoms. The molecule has 120 valence electrons. The summed E-state index contributed by atoms with van der Waals surface area (Å²) in [4.78, 5) is 36.3. The lowest BCUT2D eigenvalue weighted by Crippen LogP contribution is -2.44. The van der Waals surface area contributed by atoms with Gasteiger partial charge in [-0.25, -0.2) is 4.79 Å². The van der Waals surface area contributed by atoms with Crippen LogP contribution >= 0.6 is 0 Å². The Balaban J connectivity index is 2.43. The number of rotatable bonds is 6. The van der Waals surface area contributed by atoms with Crippen molar-refractivity contribution in [3.63, 3.8) is 0 Å². The molecule has 0 radical (unpaired) electrons. The van der Waals surface area contributed by atoms with E-state index in [1.165, 1.54) is 4.90 Å². The van der Waals surface area contributed by atoms with E-state index in [1.54, 1.807) is 13.0 Å². The molecule has 1 aliphatic rings. The number of nitrogens with one attached hydrogen (secondary N) is 2. The predicted octanol–water partition coefficient (Wildman–Crippen LogP) is -0.0196. The topological polar surface area (TPSA) is 112 Å². The Morgan fingerprint density at radius 3 is 2.86 bits per heavy atom. The zero-order chi connectivity index (χ0) is 16.4. The largest absolute Gasteiger partial charge is 0.462 e. The number of hydrazine groups is 1. The maximum Gasteiger partial charge on any atom is 0.350 e. The first-order valence-corrected chi connectivity index (χ1v) is 7.18. The average molecular weight is 308 g/mol. The molecule has 0 aromatic heterocycles. The van der Waals surface area contributed by atoms with Crippen LogP contribution in [0, 0.1) is 11.3 Å². The maximum atomic E-state index is 11.7. The standard InChI is InChI=1S/C14H20N4O4/c1-2-22-14(21)11(8-15)9-16-17-12(19)10-18-7-5-3-4-6-13(18)20/h9,16H,2-7,10H2,1H3,(H,17,19)/b11-9+. The van der Waals surface area contributed by atoms with Crippen molar-refractivity contribution in [1.29, 1.82) is 5.26 Å². The zero-order valence-electron chi connectivity index (χ0n) is 12.6. The number of esters is 1. The highest BCUT2D eigenvalue weighted by Gasteiger charge is 2.19. The fraction of sp³-hybridized carbons (Fsp3) is 0.571. The first kappa shape index (κ1) is 17.5. The number of amides is 2. The fourth-order valence-corrected chi connectivity index (χ4v) is 1.95. The van der Waals surface area contributed by atoms with Crippen molar-refractivity contribution >= 4 is 17.8 Å². The number of nitriles is 1. The smallest absolute Gasteiger partial charge is 0.350 e. The number of nitrogens with zero attached hydrogens (tertiary/aromatic N) is 2. The molecule has 22 heavy (non-hydrogen) atoms. The molecule has 0 aromatic rings. The molecule has 0 aromatic carbocycles. The Hall–Kier alpha value is -2.56. The second-order valence-electron chi connectivity index (χ2n) is 4.71. The van der Waals surface area contributed by atoms with Gasteiger partial charge in [-0.1, -0.05) is 6.42 Å². The molecule has 0 unspecified atom stereocenters. The molecule has 0 aliphatic carbocycles. The maximum absolute atomic E-state index is 11.7. The third kappa shape index (κ3) is 5.83. The van der Waals surface area contributed by atoms with E-state index in [0.717, 1.165) is 25.5 Å². The van der Waals surface area contributed by atoms with Crippen LogP contribution in [0.2, 0.25) is 0 Å². The van der Waals surface area contributed by atoms with E-state index in [1.807, 2.05) is 0 Å². The van der Waals surface area contributed by atoms with Crippen molar-refractivity contribution in [3.8, 4) is 6.07 Å². The van der Waals surface area contributed by atoms with Gasteiger partial charge in [0.2, 0.25) is 5.91 Å². The highest BCUT2D eigenvalue weighted by Crippen LogP contribution is 2.10. The summed E-state index contributed by atoms with van der Waals surface area (Å²) in [7, 11) is 0. The lowest BCUT2D eigenvalue weighted by atomic mass is 10.2. The summed E-state index contributed by atoms with van der Waals surface area (Å²) in [5.41, 5.74) is 4.43. The summed E-state index contributed by atoms with van der Waals surface area (Å²) in [5.74, 6) is -1.23. The minimum Gasteiger partial charge on any atom is -0.462 e. The molecule has 1 saturated heterocycles. The average Bonchev–Trinajstić information content (AvgIpc) is 2.69. The monoisotopic (exact) mass is 308 g/mol. The van der Waals surface area contributed by atoms with E-state index < -0.39 is 11.9 Å². The Bertz CT molecular complexity index is 496. The molecule has 1 fully saturated rings. The van der Waals surface area contributed by atoms with E-state index in [0.29, 0.717) is 13.0 Å². The molecule has 0 saturated carbocycles. The second-order valence-corrected chi connectivity index (χ2v) is 4.71. The van der Waals surface area contributed by atoms with E-state index in [9.17, 15) is 14.4 Å². The van der Waals surface area contributed by atoms with Crippen LogP contribution in [0.25, 0.3) is 0 Å². The van der Waals surface area contributed by atoms with Gasteiger partial charge in [-0.2, -0.15) is 5.26 Å². The van der Waals surface area contributed by atoms with Gasteiger partial charge in [0, 0.05) is 19.2 Å². The van der Waals surface area contributed by atoms with Crippen LogP contribution in [0.15, 0.2) is 11.8 Å². The molecule has 1 rings (SSSR count). The van der Waals surface area contributed by atoms with Crippen LogP contribution in [0.5, 0.6) is 0 Å². The summed E-state index contributed by atoms with van der Waals surface area (Å²) in [6, 6.07) is 1.67. The summed E-state index contributed by atoms with van der Waals surface area (Å²) < 4.78 is 4.67. The van der Waals surface area contributed by atoms with Gasteiger partial charge in [-0.05, 0) is 19.8 Å². The quantitative estimate of drug-likeness (QED) is 0.309. The zero-order valence-corrected chi connectivity index (χ0v) is 12.6. The third-order valence-corrected chi connectivity index (χ3v) is 3.05. The fourth-order valence-electron chi connectivity index (χ4n) is 1.95. The van der Waals surface area contributed by atoms with Gasteiger partial charge in [0.15, 0.2) is 5.57 Å². The molecule has 8 heteroatoms. The van der Waals surface area contributed by atoms with Crippen LogP contribution < -0.4 is 10.9 Å². The van der Waals surface area contributed by atoms with E-state index in [-0.39, 0.29) is 24.6 Å². The molecule has 0 bridgehead atoms. The van der Waals surface area contributed by atoms with Gasteiger partial charge in [0.25, 0.3) is 5.91 Å². The Morgan fingerprint density at radius 1 is 1.41 bits per heavy atom. The van der Waals surface area contributed by atoms with Crippen LogP contribution in [-0.4, -0.2) is 42.4 Å². The molecule has 0 atom stereocenters. The van der Waals surface area contributed by atoms with Crippen molar-refractivity contribution in [2.24, 2.45) is 0 Å². The lowest BCUT2D eigenvalue weighted by molar-refractivity contribution is -0.138. The highest BCUT2D eigenvalue weighted by molar-refractivity contribution is 5.92. The van der Waals surface area contributed by atoms with Crippen molar-refractivity contribution in [3.05, 3.63) is 11.8 Å². The van der Waals surface area contributed by atoms with Crippen molar-refractivity contribution in [1.82, 2.24) is 15.8 Å². The Labute approximate surface area is 129 Å². The van der Waals surface area contributed by atoms with Gasteiger partial charge in [-0.3, -0.25) is 15.0 Å². The Morgan fingerprint density at radius 2 is 2.18 bits per heavy atom. The molecule has 2 N–H and O–H groups in total. The van der Waals surface area contributed by atoms with Crippen LogP contribution in [0.1, 0.15) is 32.6 Å². The normalized spacial score (nSPS) is 15.5. The number of ether oxygens (including phenoxy) is 1. The van der Waals surface area contributed by atoms with Gasteiger partial charge in [-0.15, -0.1) is 0 Å². The van der Waals surface area contributed by atoms with Crippen LogP contribution in [-0.2, 0) is 19.1 Å². The van der Waals surface area contributed by atoms with Crippen molar-refractivity contribution < 1.29 is 19.1 Å². The number of hydrogen-bond donors (Lipinski definition) is 2. The molecule has 2 amide bonds. The minimum absolute atomic E-state index is 0.0348. The molecule has 8 nitrogen and oxygen atoms in total. The first-order valence-electron chi connectivity index (χ1n) is 7.18. The second kappa shape index (κ2) is 9.39. The summed E-state index contributed by atoms with van der Waals surface area (Å²) >= 11 is 0. The molecule has 1 aliphatic heterocycles. The third-order valence-electron chi connectivity index (χ3n) is 3.05. The number of hydrogen-bond acceptors (Lipinski definition) is 6. The predicted molar refractivity (Wildman–Crippen MR) is 76.7 cm³/mol. The van der Waals surface area contributed by atoms with Gasteiger partial charge < -0.3 is 15.1 Å². The number of carbonyl (C=O) groups excluding carboxylic acids is 3. The van der Waals surface area contributed by atoms with E-state index in [4.69, 9.17) is 5.26 Å². The van der Waals surface area contributed by atoms with Gasteiger partial charge in [0.1, 0.15) is 12.6 Å². The summed E-state index contributed by atoms with van der Waals surface area (Å²) in [5, 5.41) is 8.79. The highest BCUT2D eigenvalue weighted by atomic mass is 16.5. The minimum atomic E-state index is -0.769. The number of carbonyl (C=O) groups is 3. The summed E-state index contributed by atoms with van der Waals surface area (Å²) in [6.45, 7) is 2.29. The lowest BCUT2D eigenvalue weighted by Gasteiger charge is -2.19. The van der Waals surface area contributed by atoms with Crippen molar-refractivity contribution in [2.75, 3.05) is 19.7 Å². The van der Waals surface area contributed by atoms with Crippen LogP contribution in [0.4, 0.5) is 0 Å². The summed E-state index contributed by atoms with van der Waals surface area (Å²) in [6.07, 6.45) is 4.23. The molecular formula is C14H20N4O4. The SMILES string of the molecule is CCOC(=O)/C(C#N)=C/NNC(=O)CN1CCCCCC1=O. The molecular weight excluding hydrogens is 288 g/mol. The molecule has 1 heterocycles. The van der Waals surface area contributed by atoms with E-state index in [2.05, 4.69) is 15.6 Å². The van der Waals surface area contributed by atoms with E-state index >= 15 is 0 Å².